The summed E-state index contributed by atoms with van der Waals surface area (Å²) in [5, 5.41) is 0. The average Bonchev–Trinajstić information content (AvgIpc) is 3.35. The molecule has 0 spiro atoms. The SMILES string of the molecule is CCOC(=O)C1=C(c2ccccc2)N=c2s/c(=C\c3ccc(N(CC)CC)cc3OC)c(=O)n2[C@H]1c1cccc(OC)c1. The van der Waals surface area contributed by atoms with Crippen LogP contribution in [0.2, 0.25) is 0 Å². The number of benzene rings is 3. The van der Waals surface area contributed by atoms with Crippen molar-refractivity contribution < 1.29 is 19.0 Å². The van der Waals surface area contributed by atoms with E-state index in [0.29, 0.717) is 37.7 Å². The van der Waals surface area contributed by atoms with Gasteiger partial charge in [-0.2, -0.15) is 0 Å². The fourth-order valence-electron chi connectivity index (χ4n) is 5.31. The summed E-state index contributed by atoms with van der Waals surface area (Å²) in [6, 6.07) is 22.1. The van der Waals surface area contributed by atoms with Crippen LogP contribution in [0.4, 0.5) is 5.69 Å². The Kier molecular flexibility index (Phi) is 9.11. The van der Waals surface area contributed by atoms with Crippen molar-refractivity contribution >= 4 is 34.8 Å². The molecule has 43 heavy (non-hydrogen) atoms. The molecule has 0 N–H and O–H groups in total. The first-order chi connectivity index (χ1) is 20.9. The normalized spacial score (nSPS) is 14.6. The van der Waals surface area contributed by atoms with E-state index in [-0.39, 0.29) is 12.2 Å². The van der Waals surface area contributed by atoms with Crippen LogP contribution in [-0.2, 0) is 9.53 Å². The summed E-state index contributed by atoms with van der Waals surface area (Å²) in [7, 11) is 3.21. The second-order valence-electron chi connectivity index (χ2n) is 9.81. The van der Waals surface area contributed by atoms with Crippen molar-refractivity contribution in [1.29, 1.82) is 0 Å². The Morgan fingerprint density at radius 2 is 1.74 bits per heavy atom. The van der Waals surface area contributed by atoms with E-state index in [4.69, 9.17) is 19.2 Å². The molecule has 0 saturated heterocycles. The standard InChI is InChI=1S/C34H35N3O5S/c1-6-36(7-2)25-18-17-23(27(21-25)41-5)20-28-32(38)37-31(24-15-12-16-26(19-24)40-4)29(33(39)42-8-3)30(35-34(37)43-28)22-13-10-9-11-14-22/h9-21,31H,6-8H2,1-5H3/b28-20-/t31-/m0/s1. The number of anilines is 1. The van der Waals surface area contributed by atoms with Crippen molar-refractivity contribution in [3.8, 4) is 11.5 Å². The van der Waals surface area contributed by atoms with Crippen molar-refractivity contribution in [1.82, 2.24) is 4.57 Å². The number of carbonyl (C=O) groups excluding carboxylic acids is 1. The second kappa shape index (κ2) is 13.1. The van der Waals surface area contributed by atoms with Crippen LogP contribution in [0.3, 0.4) is 0 Å². The van der Waals surface area contributed by atoms with Crippen LogP contribution in [0.1, 0.15) is 43.5 Å². The molecule has 0 fully saturated rings. The van der Waals surface area contributed by atoms with Gasteiger partial charge in [0.1, 0.15) is 11.5 Å². The van der Waals surface area contributed by atoms with Crippen LogP contribution < -0.4 is 29.3 Å². The predicted molar refractivity (Wildman–Crippen MR) is 171 cm³/mol. The van der Waals surface area contributed by atoms with Crippen molar-refractivity contribution in [3.05, 3.63) is 115 Å². The lowest BCUT2D eigenvalue weighted by Gasteiger charge is -2.26. The zero-order valence-corrected chi connectivity index (χ0v) is 25.8. The van der Waals surface area contributed by atoms with Crippen LogP contribution in [0.5, 0.6) is 11.5 Å². The van der Waals surface area contributed by atoms with Gasteiger partial charge in [0.25, 0.3) is 5.56 Å². The third kappa shape index (κ3) is 5.85. The molecule has 1 atom stereocenters. The number of fused-ring (bicyclic) bond motifs is 1. The van der Waals surface area contributed by atoms with E-state index >= 15 is 0 Å². The molecule has 0 aliphatic carbocycles. The van der Waals surface area contributed by atoms with Crippen LogP contribution in [0.15, 0.2) is 88.2 Å². The van der Waals surface area contributed by atoms with Crippen molar-refractivity contribution in [3.63, 3.8) is 0 Å². The third-order valence-corrected chi connectivity index (χ3v) is 8.40. The summed E-state index contributed by atoms with van der Waals surface area (Å²) in [6.07, 6.45) is 1.83. The smallest absolute Gasteiger partial charge is 0.338 e. The lowest BCUT2D eigenvalue weighted by molar-refractivity contribution is -0.138. The van der Waals surface area contributed by atoms with E-state index in [1.807, 2.05) is 78.9 Å². The second-order valence-corrected chi connectivity index (χ2v) is 10.8. The molecule has 3 aromatic carbocycles. The highest BCUT2D eigenvalue weighted by molar-refractivity contribution is 7.07. The Balaban J connectivity index is 1.78. The minimum atomic E-state index is -0.783. The van der Waals surface area contributed by atoms with Gasteiger partial charge in [0.15, 0.2) is 4.80 Å². The van der Waals surface area contributed by atoms with Gasteiger partial charge in [-0.3, -0.25) is 9.36 Å². The van der Waals surface area contributed by atoms with Crippen LogP contribution >= 0.6 is 11.3 Å². The van der Waals surface area contributed by atoms with E-state index in [1.54, 1.807) is 25.7 Å². The Hall–Kier alpha value is -4.63. The molecule has 9 heteroatoms. The molecule has 0 amide bonds. The van der Waals surface area contributed by atoms with Crippen LogP contribution in [0.25, 0.3) is 11.8 Å². The molecule has 0 bridgehead atoms. The number of rotatable bonds is 10. The minimum Gasteiger partial charge on any atom is -0.497 e. The van der Waals surface area contributed by atoms with E-state index in [9.17, 15) is 9.59 Å². The summed E-state index contributed by atoms with van der Waals surface area (Å²) in [5.74, 6) is 0.747. The summed E-state index contributed by atoms with van der Waals surface area (Å²) in [6.45, 7) is 7.90. The Morgan fingerprint density at radius 3 is 2.42 bits per heavy atom. The van der Waals surface area contributed by atoms with Gasteiger partial charge in [-0.25, -0.2) is 9.79 Å². The van der Waals surface area contributed by atoms with E-state index in [2.05, 4.69) is 18.7 Å². The van der Waals surface area contributed by atoms with Crippen molar-refractivity contribution in [2.45, 2.75) is 26.8 Å². The fraction of sp³-hybridized carbons (Fsp3) is 0.265. The van der Waals surface area contributed by atoms with Crippen molar-refractivity contribution in [2.75, 3.05) is 38.8 Å². The molecular weight excluding hydrogens is 562 g/mol. The van der Waals surface area contributed by atoms with Crippen molar-refractivity contribution in [2.24, 2.45) is 4.99 Å². The molecule has 0 unspecified atom stereocenters. The first-order valence-electron chi connectivity index (χ1n) is 14.3. The van der Waals surface area contributed by atoms with Crippen LogP contribution in [-0.4, -0.2) is 44.5 Å². The summed E-state index contributed by atoms with van der Waals surface area (Å²) < 4.78 is 18.8. The van der Waals surface area contributed by atoms with E-state index < -0.39 is 12.0 Å². The minimum absolute atomic E-state index is 0.183. The maximum absolute atomic E-state index is 14.2. The highest BCUT2D eigenvalue weighted by Crippen LogP contribution is 2.36. The molecule has 0 radical (unpaired) electrons. The highest BCUT2D eigenvalue weighted by Gasteiger charge is 2.35. The maximum atomic E-state index is 14.2. The zero-order chi connectivity index (χ0) is 30.5. The van der Waals surface area contributed by atoms with Gasteiger partial charge in [0.2, 0.25) is 0 Å². The van der Waals surface area contributed by atoms with Gasteiger partial charge < -0.3 is 19.1 Å². The molecule has 1 aliphatic rings. The molecule has 4 aromatic rings. The van der Waals surface area contributed by atoms with E-state index in [0.717, 1.165) is 29.9 Å². The van der Waals surface area contributed by atoms with Gasteiger partial charge in [0, 0.05) is 36.0 Å². The first-order valence-corrected chi connectivity index (χ1v) is 15.1. The molecule has 8 nitrogen and oxygen atoms in total. The number of aromatic nitrogens is 1. The Labute approximate surface area is 254 Å². The number of esters is 1. The third-order valence-electron chi connectivity index (χ3n) is 7.42. The number of ether oxygens (including phenoxy) is 3. The topological polar surface area (TPSA) is 82.4 Å². The van der Waals surface area contributed by atoms with Crippen LogP contribution in [0, 0.1) is 0 Å². The Bertz CT molecular complexity index is 1840. The predicted octanol–water partition coefficient (Wildman–Crippen LogP) is 4.80. The number of hydrogen-bond donors (Lipinski definition) is 0. The molecule has 222 valence electrons. The number of thiazole rings is 1. The van der Waals surface area contributed by atoms with Gasteiger partial charge >= 0.3 is 5.97 Å². The number of nitrogens with zero attached hydrogens (tertiary/aromatic N) is 3. The number of hydrogen-bond acceptors (Lipinski definition) is 8. The summed E-state index contributed by atoms with van der Waals surface area (Å²) in [5.41, 5.74) is 3.78. The van der Waals surface area contributed by atoms with Gasteiger partial charge in [-0.05, 0) is 56.7 Å². The molecular formula is C34H35N3O5S. The molecule has 1 aliphatic heterocycles. The monoisotopic (exact) mass is 597 g/mol. The molecule has 5 rings (SSSR count). The zero-order valence-electron chi connectivity index (χ0n) is 25.0. The number of methoxy groups -OCH3 is 2. The highest BCUT2D eigenvalue weighted by atomic mass is 32.1. The number of carbonyl (C=O) groups is 1. The molecule has 2 heterocycles. The van der Waals surface area contributed by atoms with Gasteiger partial charge in [-0.15, -0.1) is 0 Å². The lowest BCUT2D eigenvalue weighted by Crippen LogP contribution is -2.40. The largest absolute Gasteiger partial charge is 0.497 e. The quantitative estimate of drug-likeness (QED) is 0.245. The first kappa shape index (κ1) is 29.8. The van der Waals surface area contributed by atoms with Gasteiger partial charge in [0.05, 0.1) is 42.7 Å². The average molecular weight is 598 g/mol. The fourth-order valence-corrected chi connectivity index (χ4v) is 6.30. The maximum Gasteiger partial charge on any atom is 0.338 e. The van der Waals surface area contributed by atoms with Gasteiger partial charge in [-0.1, -0.05) is 53.8 Å². The Morgan fingerprint density at radius 1 is 0.977 bits per heavy atom. The summed E-state index contributed by atoms with van der Waals surface area (Å²) >= 11 is 1.27. The summed E-state index contributed by atoms with van der Waals surface area (Å²) in [4.78, 5) is 35.5. The molecule has 0 saturated carbocycles. The van der Waals surface area contributed by atoms with E-state index in [1.165, 1.54) is 11.3 Å². The lowest BCUT2D eigenvalue weighted by atomic mass is 9.93. The molecule has 1 aromatic heterocycles.